The van der Waals surface area contributed by atoms with Crippen molar-refractivity contribution in [1.29, 1.82) is 0 Å². The molecular formula is C13H23NS. The number of hydrogen-bond donors (Lipinski definition) is 1. The van der Waals surface area contributed by atoms with Crippen LogP contribution in [0, 0.1) is 5.92 Å². The Morgan fingerprint density at radius 2 is 1.93 bits per heavy atom. The first-order valence-corrected chi connectivity index (χ1v) is 6.74. The number of nitrogens with one attached hydrogen (secondary N) is 1. The van der Waals surface area contributed by atoms with Gasteiger partial charge >= 0.3 is 0 Å². The zero-order chi connectivity index (χ0) is 11.3. The standard InChI is InChI=1S/C13H23NS/c1-10(2)8-11(3)14-12(4)9-13-6-5-7-15-13/h5-7,10-12,14H,8-9H2,1-4H3. The molecular weight excluding hydrogens is 202 g/mol. The predicted octanol–water partition coefficient (Wildman–Crippen LogP) is 3.70. The summed E-state index contributed by atoms with van der Waals surface area (Å²) in [6.07, 6.45) is 2.41. The topological polar surface area (TPSA) is 12.0 Å². The molecule has 1 rings (SSSR count). The average Bonchev–Trinajstić information content (AvgIpc) is 2.53. The van der Waals surface area contributed by atoms with Gasteiger partial charge in [-0.25, -0.2) is 0 Å². The van der Waals surface area contributed by atoms with Gasteiger partial charge in [0.15, 0.2) is 0 Å². The Morgan fingerprint density at radius 3 is 2.47 bits per heavy atom. The quantitative estimate of drug-likeness (QED) is 0.778. The van der Waals surface area contributed by atoms with Crippen molar-refractivity contribution >= 4 is 11.3 Å². The molecule has 2 atom stereocenters. The van der Waals surface area contributed by atoms with E-state index in [0.29, 0.717) is 12.1 Å². The van der Waals surface area contributed by atoms with Crippen molar-refractivity contribution < 1.29 is 0 Å². The summed E-state index contributed by atoms with van der Waals surface area (Å²) in [6.45, 7) is 9.12. The fourth-order valence-corrected chi connectivity index (χ4v) is 2.89. The van der Waals surface area contributed by atoms with E-state index in [9.17, 15) is 0 Å². The molecule has 0 saturated heterocycles. The SMILES string of the molecule is CC(C)CC(C)NC(C)Cc1cccs1. The van der Waals surface area contributed by atoms with Crippen LogP contribution in [0.3, 0.4) is 0 Å². The van der Waals surface area contributed by atoms with Crippen LogP contribution >= 0.6 is 11.3 Å². The maximum Gasteiger partial charge on any atom is 0.00894 e. The Labute approximate surface area is 97.9 Å². The Morgan fingerprint density at radius 1 is 1.20 bits per heavy atom. The molecule has 0 fully saturated rings. The van der Waals surface area contributed by atoms with E-state index in [2.05, 4.69) is 50.5 Å². The van der Waals surface area contributed by atoms with Crippen LogP contribution < -0.4 is 5.32 Å². The van der Waals surface area contributed by atoms with Gasteiger partial charge in [0.05, 0.1) is 0 Å². The third-order valence-corrected chi connectivity index (χ3v) is 3.38. The molecule has 2 heteroatoms. The summed E-state index contributed by atoms with van der Waals surface area (Å²) in [5.41, 5.74) is 0. The summed E-state index contributed by atoms with van der Waals surface area (Å²) in [4.78, 5) is 1.48. The highest BCUT2D eigenvalue weighted by molar-refractivity contribution is 7.09. The lowest BCUT2D eigenvalue weighted by atomic mass is 10.0. The van der Waals surface area contributed by atoms with Crippen molar-refractivity contribution in [3.8, 4) is 0 Å². The molecule has 86 valence electrons. The second-order valence-corrected chi connectivity index (χ2v) is 5.91. The minimum absolute atomic E-state index is 0.581. The van der Waals surface area contributed by atoms with Gasteiger partial charge in [0, 0.05) is 17.0 Å². The monoisotopic (exact) mass is 225 g/mol. The van der Waals surface area contributed by atoms with Gasteiger partial charge in [0.25, 0.3) is 0 Å². The Bertz CT molecular complexity index is 254. The molecule has 15 heavy (non-hydrogen) atoms. The van der Waals surface area contributed by atoms with Crippen molar-refractivity contribution in [2.75, 3.05) is 0 Å². The number of thiophene rings is 1. The molecule has 0 amide bonds. The lowest BCUT2D eigenvalue weighted by Crippen LogP contribution is -2.36. The fraction of sp³-hybridized carbons (Fsp3) is 0.692. The molecule has 2 unspecified atom stereocenters. The maximum absolute atomic E-state index is 3.66. The van der Waals surface area contributed by atoms with Crippen molar-refractivity contribution in [3.63, 3.8) is 0 Å². The van der Waals surface area contributed by atoms with E-state index in [1.165, 1.54) is 11.3 Å². The van der Waals surface area contributed by atoms with E-state index in [0.717, 1.165) is 12.3 Å². The Kier molecular flexibility index (Phi) is 5.34. The molecule has 1 nitrogen and oxygen atoms in total. The molecule has 0 radical (unpaired) electrons. The zero-order valence-electron chi connectivity index (χ0n) is 10.3. The van der Waals surface area contributed by atoms with E-state index >= 15 is 0 Å². The summed E-state index contributed by atoms with van der Waals surface area (Å²) >= 11 is 1.85. The summed E-state index contributed by atoms with van der Waals surface area (Å²) in [5.74, 6) is 0.779. The molecule has 0 aromatic carbocycles. The molecule has 1 N–H and O–H groups in total. The van der Waals surface area contributed by atoms with E-state index in [4.69, 9.17) is 0 Å². The first kappa shape index (κ1) is 12.7. The van der Waals surface area contributed by atoms with E-state index in [-0.39, 0.29) is 0 Å². The van der Waals surface area contributed by atoms with Gasteiger partial charge in [-0.1, -0.05) is 19.9 Å². The normalized spacial score (nSPS) is 15.5. The second-order valence-electron chi connectivity index (χ2n) is 4.88. The first-order chi connectivity index (χ1) is 7.08. The fourth-order valence-electron chi connectivity index (χ4n) is 2.05. The van der Waals surface area contributed by atoms with Crippen LogP contribution in [0.4, 0.5) is 0 Å². The van der Waals surface area contributed by atoms with E-state index in [1.807, 2.05) is 11.3 Å². The molecule has 0 spiro atoms. The Balaban J connectivity index is 2.26. The van der Waals surface area contributed by atoms with Gasteiger partial charge in [-0.3, -0.25) is 0 Å². The molecule has 0 saturated carbocycles. The summed E-state index contributed by atoms with van der Waals surface area (Å²) in [7, 11) is 0. The van der Waals surface area contributed by atoms with Crippen molar-refractivity contribution in [2.45, 2.75) is 52.6 Å². The highest BCUT2D eigenvalue weighted by Gasteiger charge is 2.09. The van der Waals surface area contributed by atoms with Gasteiger partial charge in [-0.05, 0) is 44.1 Å². The highest BCUT2D eigenvalue weighted by Crippen LogP contribution is 2.12. The summed E-state index contributed by atoms with van der Waals surface area (Å²) < 4.78 is 0. The van der Waals surface area contributed by atoms with E-state index < -0.39 is 0 Å². The van der Waals surface area contributed by atoms with Crippen molar-refractivity contribution in [1.82, 2.24) is 5.32 Å². The van der Waals surface area contributed by atoms with Gasteiger partial charge in [-0.2, -0.15) is 0 Å². The minimum atomic E-state index is 0.581. The Hall–Kier alpha value is -0.340. The predicted molar refractivity (Wildman–Crippen MR) is 69.5 cm³/mol. The largest absolute Gasteiger partial charge is 0.311 e. The smallest absolute Gasteiger partial charge is 0.00894 e. The van der Waals surface area contributed by atoms with Crippen molar-refractivity contribution in [2.24, 2.45) is 5.92 Å². The van der Waals surface area contributed by atoms with E-state index in [1.54, 1.807) is 0 Å². The molecule has 1 heterocycles. The third-order valence-electron chi connectivity index (χ3n) is 2.48. The lowest BCUT2D eigenvalue weighted by Gasteiger charge is -2.21. The van der Waals surface area contributed by atoms with Crippen LogP contribution in [0.25, 0.3) is 0 Å². The highest BCUT2D eigenvalue weighted by atomic mass is 32.1. The molecule has 0 aliphatic rings. The molecule has 0 aliphatic carbocycles. The van der Waals surface area contributed by atoms with Crippen LogP contribution in [0.2, 0.25) is 0 Å². The van der Waals surface area contributed by atoms with Crippen LogP contribution in [-0.4, -0.2) is 12.1 Å². The summed E-state index contributed by atoms with van der Waals surface area (Å²) in [6, 6.07) is 5.55. The minimum Gasteiger partial charge on any atom is -0.311 e. The zero-order valence-corrected chi connectivity index (χ0v) is 11.1. The third kappa shape index (κ3) is 5.33. The molecule has 0 aliphatic heterocycles. The first-order valence-electron chi connectivity index (χ1n) is 5.86. The van der Waals surface area contributed by atoms with Gasteiger partial charge in [0.2, 0.25) is 0 Å². The second kappa shape index (κ2) is 6.29. The van der Waals surface area contributed by atoms with Crippen LogP contribution in [-0.2, 0) is 6.42 Å². The average molecular weight is 225 g/mol. The molecule has 1 aromatic heterocycles. The summed E-state index contributed by atoms with van der Waals surface area (Å²) in [5, 5.41) is 5.81. The number of rotatable bonds is 6. The van der Waals surface area contributed by atoms with Crippen LogP contribution in [0.1, 0.15) is 39.0 Å². The van der Waals surface area contributed by atoms with Crippen LogP contribution in [0.15, 0.2) is 17.5 Å². The lowest BCUT2D eigenvalue weighted by molar-refractivity contribution is 0.401. The van der Waals surface area contributed by atoms with Crippen molar-refractivity contribution in [3.05, 3.63) is 22.4 Å². The van der Waals surface area contributed by atoms with Gasteiger partial charge in [0.1, 0.15) is 0 Å². The molecule has 1 aromatic rings. The number of hydrogen-bond acceptors (Lipinski definition) is 2. The van der Waals surface area contributed by atoms with Gasteiger partial charge in [-0.15, -0.1) is 11.3 Å². The maximum atomic E-state index is 3.66. The molecule has 0 bridgehead atoms. The van der Waals surface area contributed by atoms with Crippen LogP contribution in [0.5, 0.6) is 0 Å². The van der Waals surface area contributed by atoms with Gasteiger partial charge < -0.3 is 5.32 Å².